The molecule has 0 aromatic heterocycles. The van der Waals surface area contributed by atoms with Crippen molar-refractivity contribution in [2.45, 2.75) is 95.4 Å². The maximum absolute atomic E-state index is 12.7. The van der Waals surface area contributed by atoms with E-state index in [-0.39, 0.29) is 12.1 Å². The average Bonchev–Trinajstić information content (AvgIpc) is 2.88. The smallest absolute Gasteiger partial charge is 0.265 e. The number of benzene rings is 3. The fourth-order valence-electron chi connectivity index (χ4n) is 4.11. The standard InChI is InChI=1S/C29H36N2O3.2C2H6/c1-17-12-13-25(19(3)14-17)31-29(32)23(7)33-26-10-9-11-27(22(26)6)34-24(8)30-28-20(4)15-18(2)16-21(28)5;2*1-2/h9-16,23-24,30H,1-8H3,(H,31,32);2*1-2H3/t23?,24-;;/m1../s1. The Labute approximate surface area is 231 Å². The van der Waals surface area contributed by atoms with E-state index in [1.54, 1.807) is 6.92 Å². The largest absolute Gasteiger partial charge is 0.480 e. The Morgan fingerprint density at radius 2 is 1.24 bits per heavy atom. The van der Waals surface area contributed by atoms with E-state index in [4.69, 9.17) is 9.47 Å². The molecule has 208 valence electrons. The van der Waals surface area contributed by atoms with Gasteiger partial charge in [0.25, 0.3) is 5.91 Å². The Morgan fingerprint density at radius 1 is 0.711 bits per heavy atom. The Balaban J connectivity index is 0.00000172. The zero-order chi connectivity index (χ0) is 29.0. The van der Waals surface area contributed by atoms with Crippen molar-refractivity contribution < 1.29 is 14.3 Å². The van der Waals surface area contributed by atoms with Crippen molar-refractivity contribution in [1.29, 1.82) is 0 Å². The lowest BCUT2D eigenvalue weighted by molar-refractivity contribution is -0.122. The number of carbonyl (C=O) groups is 1. The predicted molar refractivity (Wildman–Crippen MR) is 163 cm³/mol. The molecule has 2 N–H and O–H groups in total. The van der Waals surface area contributed by atoms with E-state index in [1.807, 2.05) is 91.8 Å². The van der Waals surface area contributed by atoms with Gasteiger partial charge in [0.15, 0.2) is 12.3 Å². The molecule has 5 heteroatoms. The zero-order valence-corrected chi connectivity index (χ0v) is 25.5. The Bertz CT molecular complexity index is 1160. The Hall–Kier alpha value is -3.47. The first-order valence-corrected chi connectivity index (χ1v) is 13.7. The number of anilines is 2. The van der Waals surface area contributed by atoms with Crippen LogP contribution in [0.3, 0.4) is 0 Å². The summed E-state index contributed by atoms with van der Waals surface area (Å²) in [4.78, 5) is 12.7. The minimum absolute atomic E-state index is 0.196. The van der Waals surface area contributed by atoms with Crippen molar-refractivity contribution in [1.82, 2.24) is 0 Å². The fourth-order valence-corrected chi connectivity index (χ4v) is 4.11. The minimum Gasteiger partial charge on any atom is -0.480 e. The van der Waals surface area contributed by atoms with Gasteiger partial charge in [-0.3, -0.25) is 4.79 Å². The molecule has 2 atom stereocenters. The normalized spacial score (nSPS) is 11.6. The van der Waals surface area contributed by atoms with E-state index < -0.39 is 6.10 Å². The van der Waals surface area contributed by atoms with Gasteiger partial charge < -0.3 is 20.1 Å². The van der Waals surface area contributed by atoms with Crippen LogP contribution >= 0.6 is 0 Å². The second kappa shape index (κ2) is 15.7. The topological polar surface area (TPSA) is 59.6 Å². The van der Waals surface area contributed by atoms with Crippen molar-refractivity contribution in [3.63, 3.8) is 0 Å². The number of hydrogen-bond acceptors (Lipinski definition) is 4. The van der Waals surface area contributed by atoms with Gasteiger partial charge in [0.1, 0.15) is 11.5 Å². The monoisotopic (exact) mass is 520 g/mol. The molecule has 3 aromatic rings. The molecule has 0 aliphatic rings. The predicted octanol–water partition coefficient (Wildman–Crippen LogP) is 8.83. The number of rotatable bonds is 8. The second-order valence-corrected chi connectivity index (χ2v) is 9.13. The molecule has 0 saturated carbocycles. The molecule has 0 radical (unpaired) electrons. The first-order valence-electron chi connectivity index (χ1n) is 13.7. The van der Waals surface area contributed by atoms with Crippen LogP contribution in [0.4, 0.5) is 11.4 Å². The van der Waals surface area contributed by atoms with E-state index in [9.17, 15) is 4.79 Å². The highest BCUT2D eigenvalue weighted by Gasteiger charge is 2.19. The van der Waals surface area contributed by atoms with Crippen LogP contribution in [0.15, 0.2) is 48.5 Å². The zero-order valence-electron chi connectivity index (χ0n) is 25.5. The molecule has 0 bridgehead atoms. The maximum Gasteiger partial charge on any atom is 0.265 e. The maximum atomic E-state index is 12.7. The van der Waals surface area contributed by atoms with Gasteiger partial charge in [-0.1, -0.05) is 69.2 Å². The highest BCUT2D eigenvalue weighted by atomic mass is 16.5. The molecule has 1 amide bonds. The summed E-state index contributed by atoms with van der Waals surface area (Å²) >= 11 is 0. The second-order valence-electron chi connectivity index (χ2n) is 9.13. The van der Waals surface area contributed by atoms with Gasteiger partial charge in [-0.25, -0.2) is 0 Å². The third kappa shape index (κ3) is 9.13. The van der Waals surface area contributed by atoms with Crippen molar-refractivity contribution in [2.75, 3.05) is 10.6 Å². The molecule has 0 spiro atoms. The summed E-state index contributed by atoms with van der Waals surface area (Å²) in [7, 11) is 0. The molecule has 0 heterocycles. The van der Waals surface area contributed by atoms with Crippen molar-refractivity contribution in [3.05, 3.63) is 81.9 Å². The molecule has 0 fully saturated rings. The fraction of sp³-hybridized carbons (Fsp3) is 0.424. The van der Waals surface area contributed by atoms with Crippen LogP contribution < -0.4 is 20.1 Å². The van der Waals surface area contributed by atoms with E-state index >= 15 is 0 Å². The molecule has 1 unspecified atom stereocenters. The molecule has 3 rings (SSSR count). The summed E-state index contributed by atoms with van der Waals surface area (Å²) in [5.41, 5.74) is 8.51. The van der Waals surface area contributed by atoms with Crippen LogP contribution in [0.25, 0.3) is 0 Å². The Morgan fingerprint density at radius 3 is 1.79 bits per heavy atom. The highest BCUT2D eigenvalue weighted by Crippen LogP contribution is 2.30. The first-order chi connectivity index (χ1) is 18.0. The summed E-state index contributed by atoms with van der Waals surface area (Å²) in [6.45, 7) is 24.0. The van der Waals surface area contributed by atoms with Crippen LogP contribution in [0.5, 0.6) is 11.5 Å². The molecule has 0 aliphatic carbocycles. The Kier molecular flexibility index (Phi) is 13.5. The third-order valence-corrected chi connectivity index (χ3v) is 5.88. The number of aryl methyl sites for hydroxylation is 5. The van der Waals surface area contributed by atoms with Crippen LogP contribution in [0.1, 0.15) is 74.9 Å². The molecule has 3 aromatic carbocycles. The van der Waals surface area contributed by atoms with Gasteiger partial charge in [0, 0.05) is 16.9 Å². The molecule has 38 heavy (non-hydrogen) atoms. The SMILES string of the molecule is CC.CC.Cc1ccc(NC(=O)C(C)Oc2cccc(O[C@H](C)Nc3c(C)cc(C)cc3C)c2C)c(C)c1. The van der Waals surface area contributed by atoms with Gasteiger partial charge >= 0.3 is 0 Å². The lowest BCUT2D eigenvalue weighted by Crippen LogP contribution is -2.30. The number of ether oxygens (including phenoxy) is 2. The van der Waals surface area contributed by atoms with Crippen LogP contribution in [-0.2, 0) is 4.79 Å². The molecular formula is C33H48N2O3. The van der Waals surface area contributed by atoms with Crippen LogP contribution in [-0.4, -0.2) is 18.2 Å². The third-order valence-electron chi connectivity index (χ3n) is 5.88. The van der Waals surface area contributed by atoms with Gasteiger partial charge in [-0.15, -0.1) is 0 Å². The lowest BCUT2D eigenvalue weighted by Gasteiger charge is -2.23. The highest BCUT2D eigenvalue weighted by molar-refractivity contribution is 5.94. The molecule has 0 aliphatic heterocycles. The summed E-state index contributed by atoms with van der Waals surface area (Å²) in [5, 5.41) is 6.43. The van der Waals surface area contributed by atoms with Crippen molar-refractivity contribution in [2.24, 2.45) is 0 Å². The van der Waals surface area contributed by atoms with Crippen molar-refractivity contribution >= 4 is 17.3 Å². The summed E-state index contributed by atoms with van der Waals surface area (Å²) < 4.78 is 12.2. The molecule has 5 nitrogen and oxygen atoms in total. The van der Waals surface area contributed by atoms with Crippen LogP contribution in [0.2, 0.25) is 0 Å². The molecular weight excluding hydrogens is 472 g/mol. The number of nitrogens with one attached hydrogen (secondary N) is 2. The summed E-state index contributed by atoms with van der Waals surface area (Å²) in [6, 6.07) is 15.9. The van der Waals surface area contributed by atoms with Crippen molar-refractivity contribution in [3.8, 4) is 11.5 Å². The summed E-state index contributed by atoms with van der Waals surface area (Å²) in [5.74, 6) is 1.13. The number of carbonyl (C=O) groups excluding carboxylic acids is 1. The van der Waals surface area contributed by atoms with Gasteiger partial charge in [-0.2, -0.15) is 0 Å². The van der Waals surface area contributed by atoms with Gasteiger partial charge in [-0.05, 0) is 90.3 Å². The average molecular weight is 521 g/mol. The van der Waals surface area contributed by atoms with E-state index in [0.717, 1.165) is 28.1 Å². The van der Waals surface area contributed by atoms with E-state index in [1.165, 1.54) is 16.7 Å². The van der Waals surface area contributed by atoms with Crippen LogP contribution in [0, 0.1) is 41.5 Å². The lowest BCUT2D eigenvalue weighted by atomic mass is 10.1. The summed E-state index contributed by atoms with van der Waals surface area (Å²) in [6.07, 6.45) is -0.914. The number of hydrogen-bond donors (Lipinski definition) is 2. The minimum atomic E-state index is -0.664. The van der Waals surface area contributed by atoms with E-state index in [2.05, 4.69) is 43.5 Å². The van der Waals surface area contributed by atoms with Gasteiger partial charge in [0.05, 0.1) is 0 Å². The van der Waals surface area contributed by atoms with Gasteiger partial charge in [0.2, 0.25) is 0 Å². The molecule has 0 saturated heterocycles. The van der Waals surface area contributed by atoms with E-state index in [0.29, 0.717) is 11.5 Å². The quantitative estimate of drug-likeness (QED) is 0.291. The number of amides is 1. The first kappa shape index (κ1) is 32.6.